The molecule has 2 rings (SSSR count). The molecule has 1 aromatic heterocycles. The number of nitrogens with one attached hydrogen (secondary N) is 1. The van der Waals surface area contributed by atoms with E-state index in [9.17, 15) is 9.59 Å². The minimum absolute atomic E-state index is 0.168. The van der Waals surface area contributed by atoms with Crippen molar-refractivity contribution in [3.63, 3.8) is 0 Å². The van der Waals surface area contributed by atoms with Crippen LogP contribution in [-0.2, 0) is 14.3 Å². The summed E-state index contributed by atoms with van der Waals surface area (Å²) < 4.78 is 10.4. The van der Waals surface area contributed by atoms with Gasteiger partial charge in [-0.25, -0.2) is 0 Å². The van der Waals surface area contributed by atoms with E-state index in [0.29, 0.717) is 23.6 Å². The fraction of sp³-hybridized carbons (Fsp3) is 0.278. The van der Waals surface area contributed by atoms with Gasteiger partial charge in [0.1, 0.15) is 16.8 Å². The molecule has 0 saturated heterocycles. The smallest absolute Gasteiger partial charge is 0.306 e. The third kappa shape index (κ3) is 6.28. The van der Waals surface area contributed by atoms with Crippen molar-refractivity contribution < 1.29 is 19.1 Å². The number of carbonyl (C=O) groups excluding carboxylic acids is 2. The second-order valence-corrected chi connectivity index (χ2v) is 6.17. The number of hydrogen-bond donors (Lipinski definition) is 1. The van der Waals surface area contributed by atoms with Crippen LogP contribution in [0.2, 0.25) is 0 Å². The summed E-state index contributed by atoms with van der Waals surface area (Å²) in [5.74, 6) is -0.180. The number of nitrogens with zero attached hydrogens (tertiary/aromatic N) is 1. The van der Waals surface area contributed by atoms with Crippen molar-refractivity contribution in [3.8, 4) is 11.8 Å². The predicted molar refractivity (Wildman–Crippen MR) is 94.5 cm³/mol. The topological polar surface area (TPSA) is 88.4 Å². The molecule has 0 radical (unpaired) electrons. The predicted octanol–water partition coefficient (Wildman–Crippen LogP) is 3.27. The molecule has 1 amide bonds. The highest BCUT2D eigenvalue weighted by molar-refractivity contribution is 7.14. The summed E-state index contributed by atoms with van der Waals surface area (Å²) in [7, 11) is 0. The molecule has 6 nitrogen and oxygen atoms in total. The number of rotatable bonds is 8. The van der Waals surface area contributed by atoms with Gasteiger partial charge in [0, 0.05) is 6.42 Å². The minimum Gasteiger partial charge on any atom is -0.494 e. The lowest BCUT2D eigenvalue weighted by Gasteiger charge is -2.07. The number of carbonyl (C=O) groups is 2. The maximum atomic E-state index is 11.7. The van der Waals surface area contributed by atoms with E-state index < -0.39 is 11.9 Å². The summed E-state index contributed by atoms with van der Waals surface area (Å²) in [5.41, 5.74) is 1.54. The first-order valence-electron chi connectivity index (χ1n) is 7.71. The normalized spacial score (nSPS) is 9.92. The van der Waals surface area contributed by atoms with Crippen molar-refractivity contribution in [2.45, 2.75) is 19.8 Å². The van der Waals surface area contributed by atoms with Crippen molar-refractivity contribution in [1.82, 2.24) is 0 Å². The maximum absolute atomic E-state index is 11.7. The number of hydrogen-bond acceptors (Lipinski definition) is 6. The number of thiophene rings is 1. The highest BCUT2D eigenvalue weighted by atomic mass is 32.1. The lowest BCUT2D eigenvalue weighted by Crippen LogP contribution is -2.20. The summed E-state index contributed by atoms with van der Waals surface area (Å²) >= 11 is 1.24. The Balaban J connectivity index is 1.61. The van der Waals surface area contributed by atoms with Crippen LogP contribution in [0, 0.1) is 18.3 Å². The SMILES string of the molecule is Cc1ccc(OCCCC(=O)OCC(=O)Nc2sccc2C#N)cc1. The molecule has 0 saturated carbocycles. The molecule has 0 unspecified atom stereocenters. The monoisotopic (exact) mass is 358 g/mol. The first kappa shape index (κ1) is 18.5. The highest BCUT2D eigenvalue weighted by Gasteiger charge is 2.11. The summed E-state index contributed by atoms with van der Waals surface area (Å²) in [5, 5.41) is 13.6. The standard InChI is InChI=1S/C18H18N2O4S/c1-13-4-6-15(7-5-13)23-9-2-3-17(22)24-12-16(21)20-18-14(11-19)8-10-25-18/h4-8,10H,2-3,9,12H2,1H3,(H,20,21). The number of esters is 1. The number of benzene rings is 1. The van der Waals surface area contributed by atoms with E-state index in [2.05, 4.69) is 5.32 Å². The average Bonchev–Trinajstić information content (AvgIpc) is 3.05. The highest BCUT2D eigenvalue weighted by Crippen LogP contribution is 2.21. The zero-order valence-electron chi connectivity index (χ0n) is 13.8. The molecule has 0 atom stereocenters. The van der Waals surface area contributed by atoms with Crippen LogP contribution in [0.15, 0.2) is 35.7 Å². The van der Waals surface area contributed by atoms with Gasteiger partial charge in [0.05, 0.1) is 12.2 Å². The van der Waals surface area contributed by atoms with Gasteiger partial charge >= 0.3 is 5.97 Å². The number of nitriles is 1. The Kier molecular flexibility index (Phi) is 6.99. The van der Waals surface area contributed by atoms with E-state index in [1.54, 1.807) is 11.4 Å². The molecular formula is C18H18N2O4S. The Morgan fingerprint density at radius 1 is 1.24 bits per heavy atom. The molecule has 0 fully saturated rings. The summed E-state index contributed by atoms with van der Waals surface area (Å²) in [4.78, 5) is 23.3. The van der Waals surface area contributed by atoms with E-state index in [-0.39, 0.29) is 13.0 Å². The minimum atomic E-state index is -0.469. The summed E-state index contributed by atoms with van der Waals surface area (Å²) in [6.07, 6.45) is 0.666. The first-order chi connectivity index (χ1) is 12.1. The summed E-state index contributed by atoms with van der Waals surface area (Å²) in [6.45, 7) is 2.01. The van der Waals surface area contributed by atoms with Crippen LogP contribution in [0.3, 0.4) is 0 Å². The molecule has 0 aliphatic rings. The molecule has 0 aliphatic heterocycles. The zero-order valence-corrected chi connectivity index (χ0v) is 14.6. The van der Waals surface area contributed by atoms with Crippen molar-refractivity contribution in [3.05, 3.63) is 46.8 Å². The molecule has 1 aromatic carbocycles. The van der Waals surface area contributed by atoms with Gasteiger partial charge in [-0.05, 0) is 36.9 Å². The van der Waals surface area contributed by atoms with Crippen molar-refractivity contribution in [1.29, 1.82) is 5.26 Å². The van der Waals surface area contributed by atoms with E-state index >= 15 is 0 Å². The van der Waals surface area contributed by atoms with Gasteiger partial charge < -0.3 is 14.8 Å². The second-order valence-electron chi connectivity index (χ2n) is 5.25. The van der Waals surface area contributed by atoms with Gasteiger partial charge in [0.15, 0.2) is 6.61 Å². The molecular weight excluding hydrogens is 340 g/mol. The van der Waals surface area contributed by atoms with Gasteiger partial charge in [-0.3, -0.25) is 9.59 Å². The lowest BCUT2D eigenvalue weighted by atomic mass is 10.2. The third-order valence-corrected chi connectivity index (χ3v) is 4.05. The van der Waals surface area contributed by atoms with Gasteiger partial charge in [0.25, 0.3) is 5.91 Å². The Labute approximate surface area is 150 Å². The number of aryl methyl sites for hydroxylation is 1. The lowest BCUT2D eigenvalue weighted by molar-refractivity contribution is -0.147. The molecule has 1 N–H and O–H groups in total. The number of ether oxygens (including phenoxy) is 2. The Morgan fingerprint density at radius 3 is 2.72 bits per heavy atom. The third-order valence-electron chi connectivity index (χ3n) is 3.22. The fourth-order valence-electron chi connectivity index (χ4n) is 1.92. The van der Waals surface area contributed by atoms with Crippen LogP contribution in [0.25, 0.3) is 0 Å². The Bertz CT molecular complexity index is 762. The van der Waals surface area contributed by atoms with E-state index in [0.717, 1.165) is 11.3 Å². The maximum Gasteiger partial charge on any atom is 0.306 e. The molecule has 0 spiro atoms. The van der Waals surface area contributed by atoms with Gasteiger partial charge in [-0.2, -0.15) is 5.26 Å². The van der Waals surface area contributed by atoms with E-state index in [1.807, 2.05) is 37.3 Å². The van der Waals surface area contributed by atoms with Crippen molar-refractivity contribution in [2.75, 3.05) is 18.5 Å². The van der Waals surface area contributed by atoms with Crippen LogP contribution in [0.5, 0.6) is 5.75 Å². The van der Waals surface area contributed by atoms with Gasteiger partial charge in [-0.1, -0.05) is 17.7 Å². The van der Waals surface area contributed by atoms with Crippen molar-refractivity contribution in [2.24, 2.45) is 0 Å². The zero-order chi connectivity index (χ0) is 18.1. The average molecular weight is 358 g/mol. The van der Waals surface area contributed by atoms with Gasteiger partial charge in [0.2, 0.25) is 0 Å². The molecule has 2 aromatic rings. The molecule has 0 aliphatic carbocycles. The van der Waals surface area contributed by atoms with Crippen LogP contribution < -0.4 is 10.1 Å². The van der Waals surface area contributed by atoms with Crippen LogP contribution in [0.4, 0.5) is 5.00 Å². The Hall–Kier alpha value is -2.85. The fourth-order valence-corrected chi connectivity index (χ4v) is 2.67. The molecule has 25 heavy (non-hydrogen) atoms. The number of anilines is 1. The van der Waals surface area contributed by atoms with E-state index in [1.165, 1.54) is 11.3 Å². The van der Waals surface area contributed by atoms with E-state index in [4.69, 9.17) is 14.7 Å². The number of amides is 1. The quantitative estimate of drug-likeness (QED) is 0.578. The van der Waals surface area contributed by atoms with Crippen molar-refractivity contribution >= 4 is 28.2 Å². The van der Waals surface area contributed by atoms with Crippen LogP contribution >= 0.6 is 11.3 Å². The second kappa shape index (κ2) is 9.45. The van der Waals surface area contributed by atoms with Crippen LogP contribution in [0.1, 0.15) is 24.0 Å². The van der Waals surface area contributed by atoms with Gasteiger partial charge in [-0.15, -0.1) is 11.3 Å². The van der Waals surface area contributed by atoms with Crippen LogP contribution in [-0.4, -0.2) is 25.1 Å². The summed E-state index contributed by atoms with van der Waals surface area (Å²) in [6, 6.07) is 11.2. The first-order valence-corrected chi connectivity index (χ1v) is 8.59. The molecule has 7 heteroatoms. The molecule has 0 bridgehead atoms. The molecule has 1 heterocycles. The molecule has 130 valence electrons. The Morgan fingerprint density at radius 2 is 2.00 bits per heavy atom. The largest absolute Gasteiger partial charge is 0.494 e.